The van der Waals surface area contributed by atoms with Crippen LogP contribution in [-0.4, -0.2) is 18.2 Å². The summed E-state index contributed by atoms with van der Waals surface area (Å²) in [6, 6.07) is 15.2. The molecule has 4 nitrogen and oxygen atoms in total. The lowest BCUT2D eigenvalue weighted by atomic mass is 9.96. The third kappa shape index (κ3) is 2.64. The van der Waals surface area contributed by atoms with Gasteiger partial charge in [0.1, 0.15) is 6.61 Å². The maximum absolute atomic E-state index is 11.5. The standard InChI is InChI=1S/C18H18O4/c1-21-15-8-7-14(18(9-10-18)17(19)20)11-16(15)22-12-13-5-3-2-4-6-13/h2-8,11H,9-10,12H2,1H3,(H,19,20). The molecule has 1 N–H and O–H groups in total. The van der Waals surface area contributed by atoms with Crippen molar-refractivity contribution in [3.8, 4) is 11.5 Å². The van der Waals surface area contributed by atoms with E-state index in [-0.39, 0.29) is 0 Å². The van der Waals surface area contributed by atoms with Gasteiger partial charge in [0.25, 0.3) is 0 Å². The Labute approximate surface area is 129 Å². The fourth-order valence-electron chi connectivity index (χ4n) is 2.57. The summed E-state index contributed by atoms with van der Waals surface area (Å²) in [4.78, 5) is 11.5. The zero-order valence-electron chi connectivity index (χ0n) is 12.4. The molecule has 0 atom stereocenters. The van der Waals surface area contributed by atoms with Crippen LogP contribution in [0, 0.1) is 0 Å². The van der Waals surface area contributed by atoms with Crippen LogP contribution in [0.15, 0.2) is 48.5 Å². The molecule has 0 aliphatic heterocycles. The molecule has 2 aromatic carbocycles. The molecule has 0 amide bonds. The molecule has 1 fully saturated rings. The fraction of sp³-hybridized carbons (Fsp3) is 0.278. The smallest absolute Gasteiger partial charge is 0.314 e. The number of methoxy groups -OCH3 is 1. The molecule has 1 aliphatic carbocycles. The summed E-state index contributed by atoms with van der Waals surface area (Å²) in [7, 11) is 1.58. The van der Waals surface area contributed by atoms with Crippen LogP contribution in [0.3, 0.4) is 0 Å². The van der Waals surface area contributed by atoms with E-state index in [2.05, 4.69) is 0 Å². The molecule has 0 spiro atoms. The number of carboxylic acids is 1. The topological polar surface area (TPSA) is 55.8 Å². The molecule has 3 rings (SSSR count). The molecule has 1 saturated carbocycles. The Bertz CT molecular complexity index is 675. The number of ether oxygens (including phenoxy) is 2. The number of carboxylic acid groups (broad SMARTS) is 1. The van der Waals surface area contributed by atoms with Gasteiger partial charge in [0.05, 0.1) is 12.5 Å². The summed E-state index contributed by atoms with van der Waals surface area (Å²) in [6.07, 6.45) is 1.35. The second-order valence-corrected chi connectivity index (χ2v) is 5.53. The first-order chi connectivity index (χ1) is 10.7. The van der Waals surface area contributed by atoms with Crippen LogP contribution < -0.4 is 9.47 Å². The van der Waals surface area contributed by atoms with Crippen LogP contribution in [0.1, 0.15) is 24.0 Å². The maximum Gasteiger partial charge on any atom is 0.314 e. The lowest BCUT2D eigenvalue weighted by Gasteiger charge is -2.15. The van der Waals surface area contributed by atoms with Crippen LogP contribution in [0.5, 0.6) is 11.5 Å². The van der Waals surface area contributed by atoms with E-state index in [0.29, 0.717) is 30.9 Å². The molecule has 0 unspecified atom stereocenters. The summed E-state index contributed by atoms with van der Waals surface area (Å²) in [5, 5.41) is 9.41. The molecule has 0 heterocycles. The third-order valence-electron chi connectivity index (χ3n) is 4.11. The summed E-state index contributed by atoms with van der Waals surface area (Å²) >= 11 is 0. The van der Waals surface area contributed by atoms with Crippen LogP contribution in [0.25, 0.3) is 0 Å². The molecule has 0 bridgehead atoms. The van der Waals surface area contributed by atoms with Crippen LogP contribution in [0.2, 0.25) is 0 Å². The number of hydrogen-bond donors (Lipinski definition) is 1. The van der Waals surface area contributed by atoms with E-state index in [9.17, 15) is 9.90 Å². The highest BCUT2D eigenvalue weighted by Crippen LogP contribution is 2.50. The van der Waals surface area contributed by atoms with Gasteiger partial charge in [-0.3, -0.25) is 4.79 Å². The highest BCUT2D eigenvalue weighted by molar-refractivity contribution is 5.85. The van der Waals surface area contributed by atoms with E-state index in [4.69, 9.17) is 9.47 Å². The minimum Gasteiger partial charge on any atom is -0.493 e. The Hall–Kier alpha value is -2.49. The Morgan fingerprint density at radius 2 is 1.86 bits per heavy atom. The van der Waals surface area contributed by atoms with Crippen LogP contribution >= 0.6 is 0 Å². The van der Waals surface area contributed by atoms with Crippen molar-refractivity contribution >= 4 is 5.97 Å². The second kappa shape index (κ2) is 5.72. The predicted octanol–water partition coefficient (Wildman–Crippen LogP) is 3.39. The van der Waals surface area contributed by atoms with Gasteiger partial charge >= 0.3 is 5.97 Å². The van der Waals surface area contributed by atoms with Gasteiger partial charge in [0.2, 0.25) is 0 Å². The van der Waals surface area contributed by atoms with Crippen molar-refractivity contribution in [3.63, 3.8) is 0 Å². The fourth-order valence-corrected chi connectivity index (χ4v) is 2.57. The van der Waals surface area contributed by atoms with Gasteiger partial charge in [-0.1, -0.05) is 36.4 Å². The minimum absolute atomic E-state index is 0.417. The monoisotopic (exact) mass is 298 g/mol. The van der Waals surface area contributed by atoms with Gasteiger partial charge in [0, 0.05) is 0 Å². The molecule has 4 heteroatoms. The van der Waals surface area contributed by atoms with E-state index in [0.717, 1.165) is 11.1 Å². The second-order valence-electron chi connectivity index (χ2n) is 5.53. The Kier molecular flexibility index (Phi) is 3.75. The van der Waals surface area contributed by atoms with E-state index < -0.39 is 11.4 Å². The van der Waals surface area contributed by atoms with E-state index >= 15 is 0 Å². The molecule has 2 aromatic rings. The van der Waals surface area contributed by atoms with Crippen molar-refractivity contribution < 1.29 is 19.4 Å². The van der Waals surface area contributed by atoms with Gasteiger partial charge < -0.3 is 14.6 Å². The molecule has 22 heavy (non-hydrogen) atoms. The summed E-state index contributed by atoms with van der Waals surface area (Å²) in [5.41, 5.74) is 1.09. The van der Waals surface area contributed by atoms with Gasteiger partial charge in [-0.25, -0.2) is 0 Å². The molecular weight excluding hydrogens is 280 g/mol. The van der Waals surface area contributed by atoms with Crippen molar-refractivity contribution in [3.05, 3.63) is 59.7 Å². The molecule has 114 valence electrons. The lowest BCUT2D eigenvalue weighted by molar-refractivity contribution is -0.140. The Morgan fingerprint density at radius 3 is 2.45 bits per heavy atom. The SMILES string of the molecule is COc1ccc(C2(C(=O)O)CC2)cc1OCc1ccccc1. The molecule has 0 saturated heterocycles. The quantitative estimate of drug-likeness (QED) is 0.888. The van der Waals surface area contributed by atoms with Crippen molar-refractivity contribution in [1.82, 2.24) is 0 Å². The number of carbonyl (C=O) groups is 1. The first kappa shape index (κ1) is 14.4. The highest BCUT2D eigenvalue weighted by atomic mass is 16.5. The number of benzene rings is 2. The van der Waals surface area contributed by atoms with Gasteiger partial charge in [-0.05, 0) is 36.1 Å². The number of aliphatic carboxylic acids is 1. The summed E-state index contributed by atoms with van der Waals surface area (Å²) in [6.45, 7) is 0.417. The average Bonchev–Trinajstić information content (AvgIpc) is 3.35. The first-order valence-corrected chi connectivity index (χ1v) is 7.24. The zero-order valence-corrected chi connectivity index (χ0v) is 12.4. The molecular formula is C18H18O4. The molecule has 0 radical (unpaired) electrons. The average molecular weight is 298 g/mol. The normalized spacial score (nSPS) is 15.1. The highest BCUT2D eigenvalue weighted by Gasteiger charge is 2.52. The van der Waals surface area contributed by atoms with Gasteiger partial charge in [-0.2, -0.15) is 0 Å². The predicted molar refractivity (Wildman–Crippen MR) is 82.3 cm³/mol. The lowest BCUT2D eigenvalue weighted by Crippen LogP contribution is -2.19. The van der Waals surface area contributed by atoms with Crippen molar-refractivity contribution in [1.29, 1.82) is 0 Å². The summed E-state index contributed by atoms with van der Waals surface area (Å²) in [5.74, 6) is 0.420. The van der Waals surface area contributed by atoms with E-state index in [1.54, 1.807) is 19.2 Å². The number of hydrogen-bond acceptors (Lipinski definition) is 3. The minimum atomic E-state index is -0.772. The largest absolute Gasteiger partial charge is 0.493 e. The zero-order chi connectivity index (χ0) is 15.6. The van der Waals surface area contributed by atoms with E-state index in [1.165, 1.54) is 0 Å². The molecule has 1 aliphatic rings. The van der Waals surface area contributed by atoms with Crippen molar-refractivity contribution in [2.24, 2.45) is 0 Å². The Morgan fingerprint density at radius 1 is 1.14 bits per heavy atom. The van der Waals surface area contributed by atoms with Crippen molar-refractivity contribution in [2.75, 3.05) is 7.11 Å². The third-order valence-corrected chi connectivity index (χ3v) is 4.11. The molecule has 0 aromatic heterocycles. The Balaban J connectivity index is 1.84. The maximum atomic E-state index is 11.5. The van der Waals surface area contributed by atoms with Crippen molar-refractivity contribution in [2.45, 2.75) is 24.9 Å². The van der Waals surface area contributed by atoms with Gasteiger partial charge in [-0.15, -0.1) is 0 Å². The van der Waals surface area contributed by atoms with Crippen LogP contribution in [0.4, 0.5) is 0 Å². The van der Waals surface area contributed by atoms with Crippen LogP contribution in [-0.2, 0) is 16.8 Å². The van der Waals surface area contributed by atoms with Gasteiger partial charge in [0.15, 0.2) is 11.5 Å². The van der Waals surface area contributed by atoms with E-state index in [1.807, 2.05) is 36.4 Å². The summed E-state index contributed by atoms with van der Waals surface area (Å²) < 4.78 is 11.1. The number of rotatable bonds is 6. The first-order valence-electron chi connectivity index (χ1n) is 7.24.